The van der Waals surface area contributed by atoms with Gasteiger partial charge in [0.2, 0.25) is 5.95 Å². The van der Waals surface area contributed by atoms with Gasteiger partial charge in [-0.25, -0.2) is 4.98 Å². The van der Waals surface area contributed by atoms with Gasteiger partial charge in [0, 0.05) is 51.2 Å². The third-order valence-electron chi connectivity index (χ3n) is 5.62. The molecule has 172 valence electrons. The number of likely N-dealkylation sites (N-methyl/N-ethyl adjacent to an activating group) is 1. The van der Waals surface area contributed by atoms with Gasteiger partial charge in [-0.05, 0) is 37.4 Å². The van der Waals surface area contributed by atoms with Crippen LogP contribution >= 0.6 is 0 Å². The van der Waals surface area contributed by atoms with E-state index in [1.165, 1.54) is 0 Å². The molecule has 1 amide bonds. The van der Waals surface area contributed by atoms with Crippen molar-refractivity contribution < 1.29 is 9.53 Å². The number of hydrogen-bond acceptors (Lipinski definition) is 8. The summed E-state index contributed by atoms with van der Waals surface area (Å²) in [6.45, 7) is 4.06. The lowest BCUT2D eigenvalue weighted by molar-refractivity contribution is 0.0964. The summed E-state index contributed by atoms with van der Waals surface area (Å²) in [6.07, 6.45) is 1.66. The van der Waals surface area contributed by atoms with Crippen molar-refractivity contribution in [2.75, 3.05) is 62.9 Å². The first kappa shape index (κ1) is 22.3. The van der Waals surface area contributed by atoms with Gasteiger partial charge in [-0.1, -0.05) is 12.1 Å². The molecule has 1 fully saturated rings. The van der Waals surface area contributed by atoms with Gasteiger partial charge in [0.25, 0.3) is 5.91 Å². The standard InChI is InChI=1S/C24H29N7O2/c1-25-23(32)18-6-4-5-7-19(18)27-22-10-11-26-24(29-22)28-20-9-8-17(16-21(20)33-3)31-14-12-30(2)13-15-31/h4-11,16H,12-15H2,1-3H3,(H,25,32)(H2,26,27,28,29). The molecule has 0 spiro atoms. The highest BCUT2D eigenvalue weighted by Crippen LogP contribution is 2.32. The molecule has 0 saturated carbocycles. The smallest absolute Gasteiger partial charge is 0.253 e. The van der Waals surface area contributed by atoms with Crippen molar-refractivity contribution in [2.45, 2.75) is 0 Å². The normalized spacial score (nSPS) is 14.0. The van der Waals surface area contributed by atoms with Crippen molar-refractivity contribution in [2.24, 2.45) is 0 Å². The van der Waals surface area contributed by atoms with Crippen LogP contribution in [0, 0.1) is 0 Å². The average Bonchev–Trinajstić information content (AvgIpc) is 2.85. The number of piperazine rings is 1. The van der Waals surface area contributed by atoms with E-state index in [9.17, 15) is 4.79 Å². The Kier molecular flexibility index (Phi) is 6.89. The quantitative estimate of drug-likeness (QED) is 0.509. The summed E-state index contributed by atoms with van der Waals surface area (Å²) in [7, 11) is 5.40. The largest absolute Gasteiger partial charge is 0.494 e. The van der Waals surface area contributed by atoms with Crippen LogP contribution in [0.5, 0.6) is 5.75 Å². The molecule has 0 bridgehead atoms. The first-order chi connectivity index (χ1) is 16.1. The van der Waals surface area contributed by atoms with E-state index < -0.39 is 0 Å². The molecular weight excluding hydrogens is 418 g/mol. The number of hydrogen-bond donors (Lipinski definition) is 3. The van der Waals surface area contributed by atoms with E-state index in [1.807, 2.05) is 30.3 Å². The Morgan fingerprint density at radius 2 is 1.79 bits per heavy atom. The molecule has 3 N–H and O–H groups in total. The molecule has 0 radical (unpaired) electrons. The number of nitrogens with one attached hydrogen (secondary N) is 3. The maximum Gasteiger partial charge on any atom is 0.253 e. The fourth-order valence-corrected chi connectivity index (χ4v) is 3.72. The van der Waals surface area contributed by atoms with Crippen LogP contribution in [0.25, 0.3) is 0 Å². The Morgan fingerprint density at radius 1 is 1.00 bits per heavy atom. The number of benzene rings is 2. The number of amides is 1. The molecule has 2 aromatic carbocycles. The van der Waals surface area contributed by atoms with E-state index in [2.05, 4.69) is 48.8 Å². The maximum atomic E-state index is 12.1. The van der Waals surface area contributed by atoms with Crippen molar-refractivity contribution in [3.8, 4) is 5.75 Å². The van der Waals surface area contributed by atoms with Gasteiger partial charge >= 0.3 is 0 Å². The average molecular weight is 448 g/mol. The molecule has 1 aliphatic rings. The number of rotatable bonds is 7. The molecule has 0 unspecified atom stereocenters. The molecular formula is C24H29N7O2. The second kappa shape index (κ2) is 10.2. The van der Waals surface area contributed by atoms with Crippen molar-refractivity contribution in [1.82, 2.24) is 20.2 Å². The molecule has 3 aromatic rings. The minimum atomic E-state index is -0.171. The highest BCUT2D eigenvalue weighted by atomic mass is 16.5. The van der Waals surface area contributed by atoms with E-state index >= 15 is 0 Å². The van der Waals surface area contributed by atoms with Crippen molar-refractivity contribution >= 4 is 34.7 Å². The molecule has 1 saturated heterocycles. The van der Waals surface area contributed by atoms with Gasteiger partial charge < -0.3 is 30.5 Å². The van der Waals surface area contributed by atoms with Gasteiger partial charge in [-0.2, -0.15) is 4.98 Å². The van der Waals surface area contributed by atoms with Gasteiger partial charge in [-0.3, -0.25) is 4.79 Å². The second-order valence-corrected chi connectivity index (χ2v) is 7.82. The van der Waals surface area contributed by atoms with Crippen molar-refractivity contribution in [1.29, 1.82) is 0 Å². The monoisotopic (exact) mass is 447 g/mol. The number of anilines is 5. The number of carbonyl (C=O) groups excluding carboxylic acids is 1. The van der Waals surface area contributed by atoms with E-state index in [4.69, 9.17) is 4.74 Å². The summed E-state index contributed by atoms with van der Waals surface area (Å²) >= 11 is 0. The minimum absolute atomic E-state index is 0.171. The summed E-state index contributed by atoms with van der Waals surface area (Å²) in [5, 5.41) is 9.10. The zero-order chi connectivity index (χ0) is 23.2. The fraction of sp³-hybridized carbons (Fsp3) is 0.292. The molecule has 9 nitrogen and oxygen atoms in total. The SMILES string of the molecule is CNC(=O)c1ccccc1Nc1ccnc(Nc2ccc(N3CCN(C)CC3)cc2OC)n1. The van der Waals surface area contributed by atoms with Crippen molar-refractivity contribution in [3.63, 3.8) is 0 Å². The van der Waals surface area contributed by atoms with Crippen LogP contribution in [0.3, 0.4) is 0 Å². The molecule has 0 atom stereocenters. The van der Waals surface area contributed by atoms with E-state index in [-0.39, 0.29) is 5.91 Å². The van der Waals surface area contributed by atoms with Crippen LogP contribution in [0.1, 0.15) is 10.4 Å². The van der Waals surface area contributed by atoms with Crippen molar-refractivity contribution in [3.05, 3.63) is 60.3 Å². The number of methoxy groups -OCH3 is 1. The predicted molar refractivity (Wildman–Crippen MR) is 131 cm³/mol. The summed E-state index contributed by atoms with van der Waals surface area (Å²) in [4.78, 5) is 25.7. The number of nitrogens with zero attached hydrogens (tertiary/aromatic N) is 4. The molecule has 2 heterocycles. The zero-order valence-corrected chi connectivity index (χ0v) is 19.1. The van der Waals surface area contributed by atoms with Gasteiger partial charge in [0.1, 0.15) is 11.6 Å². The molecule has 33 heavy (non-hydrogen) atoms. The molecule has 1 aromatic heterocycles. The molecule has 4 rings (SSSR count). The van der Waals surface area contributed by atoms with Crippen LogP contribution in [0.15, 0.2) is 54.7 Å². The van der Waals surface area contributed by atoms with Crippen LogP contribution in [-0.2, 0) is 0 Å². The number of aromatic nitrogens is 2. The van der Waals surface area contributed by atoms with Gasteiger partial charge in [-0.15, -0.1) is 0 Å². The van der Waals surface area contributed by atoms with Crippen LogP contribution in [0.2, 0.25) is 0 Å². The fourth-order valence-electron chi connectivity index (χ4n) is 3.72. The second-order valence-electron chi connectivity index (χ2n) is 7.82. The Labute approximate surface area is 193 Å². The number of para-hydroxylation sites is 1. The third-order valence-corrected chi connectivity index (χ3v) is 5.62. The Morgan fingerprint density at radius 3 is 2.55 bits per heavy atom. The highest BCUT2D eigenvalue weighted by Gasteiger charge is 2.16. The Hall–Kier alpha value is -3.85. The van der Waals surface area contributed by atoms with Gasteiger partial charge in [0.15, 0.2) is 0 Å². The third kappa shape index (κ3) is 5.32. The zero-order valence-electron chi connectivity index (χ0n) is 19.1. The topological polar surface area (TPSA) is 94.6 Å². The highest BCUT2D eigenvalue weighted by molar-refractivity contribution is 6.00. The summed E-state index contributed by atoms with van der Waals surface area (Å²) < 4.78 is 5.64. The van der Waals surface area contributed by atoms with Crippen LogP contribution in [-0.4, -0.2) is 68.2 Å². The predicted octanol–water partition coefficient (Wildman–Crippen LogP) is 3.08. The lowest BCUT2D eigenvalue weighted by atomic mass is 10.1. The summed E-state index contributed by atoms with van der Waals surface area (Å²) in [6, 6.07) is 15.1. The number of ether oxygens (including phenoxy) is 1. The van der Waals surface area contributed by atoms with Gasteiger partial charge in [0.05, 0.1) is 24.0 Å². The summed E-state index contributed by atoms with van der Waals surface area (Å²) in [5.74, 6) is 1.54. The molecule has 1 aliphatic heterocycles. The van der Waals surface area contributed by atoms with E-state index in [0.29, 0.717) is 23.0 Å². The molecule has 0 aliphatic carbocycles. The first-order valence-corrected chi connectivity index (χ1v) is 10.9. The summed E-state index contributed by atoms with van der Waals surface area (Å²) in [5.41, 5.74) is 3.11. The van der Waals surface area contributed by atoms with E-state index in [0.717, 1.165) is 43.3 Å². The Bertz CT molecular complexity index is 1110. The van der Waals surface area contributed by atoms with Crippen LogP contribution in [0.4, 0.5) is 28.8 Å². The lowest BCUT2D eigenvalue weighted by Crippen LogP contribution is -2.44. The Balaban J connectivity index is 1.51. The lowest BCUT2D eigenvalue weighted by Gasteiger charge is -2.34. The number of carbonyl (C=O) groups is 1. The maximum absolute atomic E-state index is 12.1. The van der Waals surface area contributed by atoms with Crippen LogP contribution < -0.4 is 25.6 Å². The van der Waals surface area contributed by atoms with E-state index in [1.54, 1.807) is 32.5 Å². The molecule has 9 heteroatoms. The minimum Gasteiger partial charge on any atom is -0.494 e. The first-order valence-electron chi connectivity index (χ1n) is 10.9.